The zero-order valence-electron chi connectivity index (χ0n) is 22.1. The van der Waals surface area contributed by atoms with Crippen molar-refractivity contribution in [2.24, 2.45) is 0 Å². The molecule has 39 heavy (non-hydrogen) atoms. The molecule has 14 heteroatoms. The second-order valence-corrected chi connectivity index (χ2v) is 10.3. The standard InChI is InChI=1S/C16H26N6O2S.C9H11NO4/c1-3-5-8-17-14-12-15(19-16(18-14)25-9-4-2)22(21-20-12)10-6-7-11(23)13(10)24;11-7-3-1-2-6(4-7)8(12)5-10-9(13)14/h10-11,13,23-24H,3-9H2,1-2H3,(H,17,18,19);1-4,8,10-12H,5H2,(H,13,14)/t10-,11-,13+;/m1./s1. The van der Waals surface area contributed by atoms with Crippen molar-refractivity contribution in [1.82, 2.24) is 30.3 Å². The molecule has 7 N–H and O–H groups in total. The summed E-state index contributed by atoms with van der Waals surface area (Å²) < 4.78 is 1.65. The van der Waals surface area contributed by atoms with E-state index in [1.54, 1.807) is 28.6 Å². The molecule has 1 fully saturated rings. The summed E-state index contributed by atoms with van der Waals surface area (Å²) in [6, 6.07) is 5.74. The highest BCUT2D eigenvalue weighted by Gasteiger charge is 2.37. The van der Waals surface area contributed by atoms with Gasteiger partial charge in [0, 0.05) is 12.3 Å². The van der Waals surface area contributed by atoms with Gasteiger partial charge in [0.1, 0.15) is 11.9 Å². The largest absolute Gasteiger partial charge is 0.508 e. The van der Waals surface area contributed by atoms with Crippen molar-refractivity contribution >= 4 is 34.8 Å². The molecule has 214 valence electrons. The van der Waals surface area contributed by atoms with Crippen molar-refractivity contribution in [2.45, 2.75) is 75.5 Å². The van der Waals surface area contributed by atoms with Gasteiger partial charge in [-0.1, -0.05) is 49.4 Å². The van der Waals surface area contributed by atoms with Gasteiger partial charge in [0.2, 0.25) is 0 Å². The van der Waals surface area contributed by atoms with E-state index in [0.717, 1.165) is 31.6 Å². The fraction of sp³-hybridized carbons (Fsp3) is 0.560. The SMILES string of the molecule is CCCCNc1nc(SCCC)nc2c1nnn2[C@@H]1CC[C@@H](O)[C@H]1O.O=C(O)NCC(O)c1cccc(O)c1. The minimum atomic E-state index is -1.19. The topological polar surface area (TPSA) is 199 Å². The van der Waals surface area contributed by atoms with Crippen molar-refractivity contribution < 1.29 is 30.3 Å². The summed E-state index contributed by atoms with van der Waals surface area (Å²) in [4.78, 5) is 19.4. The molecule has 1 aromatic carbocycles. The molecular formula is C25H37N7O6S. The number of nitrogens with zero attached hydrogens (tertiary/aromatic N) is 5. The number of benzene rings is 1. The summed E-state index contributed by atoms with van der Waals surface area (Å²) >= 11 is 1.60. The minimum absolute atomic E-state index is 0.0388. The van der Waals surface area contributed by atoms with Gasteiger partial charge in [-0.25, -0.2) is 19.4 Å². The van der Waals surface area contributed by atoms with E-state index in [9.17, 15) is 20.1 Å². The number of rotatable bonds is 11. The summed E-state index contributed by atoms with van der Waals surface area (Å²) in [5, 5.41) is 61.5. The quantitative estimate of drug-likeness (QED) is 0.102. The van der Waals surface area contributed by atoms with Crippen molar-refractivity contribution in [3.63, 3.8) is 0 Å². The van der Waals surface area contributed by atoms with Gasteiger partial charge in [0.15, 0.2) is 22.1 Å². The fourth-order valence-corrected chi connectivity index (χ4v) is 4.73. The van der Waals surface area contributed by atoms with E-state index < -0.39 is 24.4 Å². The molecule has 2 aromatic heterocycles. The third kappa shape index (κ3) is 8.39. The van der Waals surface area contributed by atoms with Crippen LogP contribution in [0.1, 0.15) is 63.7 Å². The number of fused-ring (bicyclic) bond motifs is 1. The number of hydrogen-bond acceptors (Lipinski definition) is 11. The van der Waals surface area contributed by atoms with Gasteiger partial charge < -0.3 is 36.2 Å². The van der Waals surface area contributed by atoms with E-state index in [1.165, 1.54) is 12.1 Å². The molecule has 0 saturated heterocycles. The lowest BCUT2D eigenvalue weighted by Gasteiger charge is -2.16. The first kappa shape index (κ1) is 30.3. The van der Waals surface area contributed by atoms with Crippen LogP contribution in [0.4, 0.5) is 10.6 Å². The van der Waals surface area contributed by atoms with Gasteiger partial charge in [-0.15, -0.1) is 5.10 Å². The Bertz CT molecular complexity index is 1210. The number of aromatic hydroxyl groups is 1. The maximum absolute atomic E-state index is 10.2. The summed E-state index contributed by atoms with van der Waals surface area (Å²) in [6.45, 7) is 4.98. The molecule has 4 atom stereocenters. The monoisotopic (exact) mass is 563 g/mol. The van der Waals surface area contributed by atoms with Crippen LogP contribution in [0.2, 0.25) is 0 Å². The van der Waals surface area contributed by atoms with E-state index in [0.29, 0.717) is 40.5 Å². The molecule has 0 aliphatic heterocycles. The highest BCUT2D eigenvalue weighted by Crippen LogP contribution is 2.33. The van der Waals surface area contributed by atoms with Crippen LogP contribution in [0.5, 0.6) is 5.75 Å². The lowest BCUT2D eigenvalue weighted by Crippen LogP contribution is -2.28. The van der Waals surface area contributed by atoms with Crippen LogP contribution in [0.3, 0.4) is 0 Å². The lowest BCUT2D eigenvalue weighted by atomic mass is 10.1. The number of carbonyl (C=O) groups is 1. The predicted molar refractivity (Wildman–Crippen MR) is 147 cm³/mol. The van der Waals surface area contributed by atoms with Crippen molar-refractivity contribution in [2.75, 3.05) is 24.2 Å². The minimum Gasteiger partial charge on any atom is -0.508 e. The molecule has 1 aliphatic carbocycles. The number of phenolic OH excluding ortho intramolecular Hbond substituents is 1. The Labute approximate surface area is 230 Å². The van der Waals surface area contributed by atoms with Gasteiger partial charge in [0.05, 0.1) is 24.8 Å². The Morgan fingerprint density at radius 1 is 1.21 bits per heavy atom. The highest BCUT2D eigenvalue weighted by atomic mass is 32.2. The first-order chi connectivity index (χ1) is 18.7. The van der Waals surface area contributed by atoms with E-state index in [4.69, 9.17) is 10.2 Å². The molecule has 0 bridgehead atoms. The third-order valence-electron chi connectivity index (χ3n) is 6.12. The molecule has 3 aromatic rings. The van der Waals surface area contributed by atoms with Crippen LogP contribution >= 0.6 is 11.8 Å². The zero-order chi connectivity index (χ0) is 28.4. The van der Waals surface area contributed by atoms with Gasteiger partial charge >= 0.3 is 6.09 Å². The van der Waals surface area contributed by atoms with Gasteiger partial charge in [-0.05, 0) is 43.4 Å². The predicted octanol–water partition coefficient (Wildman–Crippen LogP) is 2.69. The number of aliphatic hydroxyl groups excluding tert-OH is 3. The molecule has 1 saturated carbocycles. The zero-order valence-corrected chi connectivity index (χ0v) is 22.9. The number of phenols is 1. The van der Waals surface area contributed by atoms with E-state index >= 15 is 0 Å². The third-order valence-corrected chi connectivity index (χ3v) is 7.18. The second kappa shape index (κ2) is 14.8. The number of amides is 1. The number of hydrogen-bond donors (Lipinski definition) is 7. The van der Waals surface area contributed by atoms with Gasteiger partial charge in [0.25, 0.3) is 0 Å². The van der Waals surface area contributed by atoms with Crippen LogP contribution in [0, 0.1) is 0 Å². The first-order valence-electron chi connectivity index (χ1n) is 13.0. The number of thioether (sulfide) groups is 1. The smallest absolute Gasteiger partial charge is 0.404 e. The Hall–Kier alpha value is -3.20. The van der Waals surface area contributed by atoms with Crippen molar-refractivity contribution in [3.05, 3.63) is 29.8 Å². The molecule has 13 nitrogen and oxygen atoms in total. The summed E-state index contributed by atoms with van der Waals surface area (Å²) in [6.07, 6.45) is 0.684. The summed E-state index contributed by atoms with van der Waals surface area (Å²) in [7, 11) is 0. The number of aromatic nitrogens is 5. The lowest BCUT2D eigenvalue weighted by molar-refractivity contribution is 0.0215. The van der Waals surface area contributed by atoms with Gasteiger partial charge in [-0.2, -0.15) is 0 Å². The van der Waals surface area contributed by atoms with Crippen LogP contribution < -0.4 is 10.6 Å². The number of carboxylic acid groups (broad SMARTS) is 1. The number of aliphatic hydroxyl groups is 3. The van der Waals surface area contributed by atoms with Crippen molar-refractivity contribution in [3.8, 4) is 5.75 Å². The fourth-order valence-electron chi connectivity index (χ4n) is 4.04. The maximum Gasteiger partial charge on any atom is 0.404 e. The molecule has 1 aliphatic rings. The van der Waals surface area contributed by atoms with Crippen LogP contribution in [0.25, 0.3) is 11.2 Å². The molecule has 2 heterocycles. The van der Waals surface area contributed by atoms with Crippen LogP contribution in [-0.2, 0) is 0 Å². The maximum atomic E-state index is 10.2. The Balaban J connectivity index is 0.000000255. The number of anilines is 1. The summed E-state index contributed by atoms with van der Waals surface area (Å²) in [5.74, 6) is 1.67. The number of unbranched alkanes of at least 4 members (excludes halogenated alkanes) is 1. The molecule has 1 unspecified atom stereocenters. The molecule has 0 spiro atoms. The normalized spacial score (nSPS) is 19.4. The Morgan fingerprint density at radius 2 is 2.00 bits per heavy atom. The second-order valence-electron chi connectivity index (χ2n) is 9.19. The highest BCUT2D eigenvalue weighted by molar-refractivity contribution is 7.99. The average molecular weight is 564 g/mol. The number of nitrogens with one attached hydrogen (secondary N) is 2. The molecule has 1 amide bonds. The van der Waals surface area contributed by atoms with E-state index in [-0.39, 0.29) is 18.3 Å². The van der Waals surface area contributed by atoms with E-state index in [1.807, 2.05) is 5.32 Å². The molecular weight excluding hydrogens is 526 g/mol. The molecule has 4 rings (SSSR count). The van der Waals surface area contributed by atoms with Gasteiger partial charge in [-0.3, -0.25) is 0 Å². The average Bonchev–Trinajstić information content (AvgIpc) is 3.49. The molecule has 0 radical (unpaired) electrons. The van der Waals surface area contributed by atoms with Crippen LogP contribution in [0.15, 0.2) is 29.4 Å². The van der Waals surface area contributed by atoms with Crippen molar-refractivity contribution in [1.29, 1.82) is 0 Å². The van der Waals surface area contributed by atoms with E-state index in [2.05, 4.69) is 39.4 Å². The Morgan fingerprint density at radius 3 is 2.64 bits per heavy atom. The summed E-state index contributed by atoms with van der Waals surface area (Å²) in [5.41, 5.74) is 1.70. The Kier molecular flexibility index (Phi) is 11.5. The van der Waals surface area contributed by atoms with Crippen LogP contribution in [-0.4, -0.2) is 87.6 Å². The first-order valence-corrected chi connectivity index (χ1v) is 14.0.